The second kappa shape index (κ2) is 5.28. The number of aliphatic hydroxyl groups excluding tert-OH is 1. The van der Waals surface area contributed by atoms with Crippen LogP contribution in [0, 0.1) is 11.3 Å². The third kappa shape index (κ3) is 2.26. The van der Waals surface area contributed by atoms with E-state index in [0.717, 1.165) is 6.42 Å². The van der Waals surface area contributed by atoms with Gasteiger partial charge in [0.15, 0.2) is 0 Å². The average Bonchev–Trinajstić information content (AvgIpc) is 2.40. The average molecular weight is 284 g/mol. The summed E-state index contributed by atoms with van der Waals surface area (Å²) >= 11 is 0. The van der Waals surface area contributed by atoms with E-state index in [1.54, 1.807) is 4.90 Å². The number of nitrogens with two attached hydrogens (primary N) is 1. The normalized spacial score (nSPS) is 40.3. The molecule has 1 saturated carbocycles. The van der Waals surface area contributed by atoms with Crippen LogP contribution in [0.4, 0.5) is 0 Å². The second-order valence-electron chi connectivity index (χ2n) is 6.93. The molecule has 1 saturated heterocycles. The largest absolute Gasteiger partial charge is 0.391 e. The van der Waals surface area contributed by atoms with E-state index in [-0.39, 0.29) is 23.3 Å². The SMILES string of the molecule is CCOC1CC(N)(C(=O)N2CCC(C)C(O)C2)C1(C)C. The van der Waals surface area contributed by atoms with Gasteiger partial charge in [-0.2, -0.15) is 0 Å². The number of ether oxygens (including phenoxy) is 1. The Morgan fingerprint density at radius 1 is 1.50 bits per heavy atom. The van der Waals surface area contributed by atoms with Crippen molar-refractivity contribution in [1.82, 2.24) is 4.90 Å². The summed E-state index contributed by atoms with van der Waals surface area (Å²) in [6.07, 6.45) is 0.991. The van der Waals surface area contributed by atoms with Crippen molar-refractivity contribution in [2.75, 3.05) is 19.7 Å². The molecule has 116 valence electrons. The van der Waals surface area contributed by atoms with Gasteiger partial charge in [-0.15, -0.1) is 0 Å². The summed E-state index contributed by atoms with van der Waals surface area (Å²) in [4.78, 5) is 14.5. The molecule has 4 unspecified atom stereocenters. The summed E-state index contributed by atoms with van der Waals surface area (Å²) in [5.74, 6) is 0.211. The van der Waals surface area contributed by atoms with Crippen LogP contribution in [-0.4, -0.2) is 53.4 Å². The summed E-state index contributed by atoms with van der Waals surface area (Å²) in [7, 11) is 0. The van der Waals surface area contributed by atoms with Gasteiger partial charge in [0.25, 0.3) is 0 Å². The van der Waals surface area contributed by atoms with Crippen molar-refractivity contribution in [3.63, 3.8) is 0 Å². The quantitative estimate of drug-likeness (QED) is 0.802. The fourth-order valence-electron chi connectivity index (χ4n) is 3.31. The molecule has 1 heterocycles. The van der Waals surface area contributed by atoms with Crippen molar-refractivity contribution in [2.45, 2.75) is 58.3 Å². The van der Waals surface area contributed by atoms with Crippen LogP contribution in [0.1, 0.15) is 40.5 Å². The number of hydrogen-bond acceptors (Lipinski definition) is 4. The van der Waals surface area contributed by atoms with Gasteiger partial charge in [-0.1, -0.05) is 20.8 Å². The number of carbonyl (C=O) groups is 1. The molecule has 0 bridgehead atoms. The number of carbonyl (C=O) groups excluding carboxylic acids is 1. The first kappa shape index (κ1) is 15.7. The van der Waals surface area contributed by atoms with Crippen LogP contribution in [0.25, 0.3) is 0 Å². The molecule has 2 rings (SSSR count). The summed E-state index contributed by atoms with van der Waals surface area (Å²) < 4.78 is 5.66. The number of piperidine rings is 1. The van der Waals surface area contributed by atoms with E-state index in [2.05, 4.69) is 0 Å². The van der Waals surface area contributed by atoms with Gasteiger partial charge in [-0.25, -0.2) is 0 Å². The van der Waals surface area contributed by atoms with Crippen molar-refractivity contribution >= 4 is 5.91 Å². The fourth-order valence-corrected chi connectivity index (χ4v) is 3.31. The summed E-state index contributed by atoms with van der Waals surface area (Å²) in [6, 6.07) is 0. The van der Waals surface area contributed by atoms with E-state index in [9.17, 15) is 9.90 Å². The molecule has 1 amide bonds. The first-order valence-corrected chi connectivity index (χ1v) is 7.62. The summed E-state index contributed by atoms with van der Waals surface area (Å²) in [5, 5.41) is 9.96. The lowest BCUT2D eigenvalue weighted by atomic mass is 9.54. The van der Waals surface area contributed by atoms with Gasteiger partial charge in [0.05, 0.1) is 12.2 Å². The van der Waals surface area contributed by atoms with Crippen molar-refractivity contribution < 1.29 is 14.6 Å². The molecule has 0 spiro atoms. The molecule has 5 nitrogen and oxygen atoms in total. The third-order valence-electron chi connectivity index (χ3n) is 5.42. The van der Waals surface area contributed by atoms with Gasteiger partial charge in [-0.05, 0) is 19.3 Å². The standard InChI is InChI=1S/C15H28N2O3/c1-5-20-12-8-15(16,14(12,3)4)13(19)17-7-6-10(2)11(18)9-17/h10-12,18H,5-9,16H2,1-4H3. The number of nitrogens with zero attached hydrogens (tertiary/aromatic N) is 1. The highest BCUT2D eigenvalue weighted by atomic mass is 16.5. The second-order valence-corrected chi connectivity index (χ2v) is 6.93. The highest BCUT2D eigenvalue weighted by Crippen LogP contribution is 2.50. The molecule has 1 aliphatic heterocycles. The molecule has 5 heteroatoms. The Hall–Kier alpha value is -0.650. The lowest BCUT2D eigenvalue weighted by Gasteiger charge is -2.59. The smallest absolute Gasteiger partial charge is 0.243 e. The van der Waals surface area contributed by atoms with Gasteiger partial charge in [0.2, 0.25) is 5.91 Å². The predicted molar refractivity (Wildman–Crippen MR) is 77.1 cm³/mol. The molecule has 0 aromatic heterocycles. The molecular formula is C15H28N2O3. The number of rotatable bonds is 3. The van der Waals surface area contributed by atoms with Crippen LogP contribution in [0.5, 0.6) is 0 Å². The number of hydrogen-bond donors (Lipinski definition) is 2. The van der Waals surface area contributed by atoms with Crippen LogP contribution >= 0.6 is 0 Å². The number of aliphatic hydroxyl groups is 1. The Labute approximate surface area is 121 Å². The lowest BCUT2D eigenvalue weighted by Crippen LogP contribution is -2.76. The maximum atomic E-state index is 12.8. The summed E-state index contributed by atoms with van der Waals surface area (Å²) in [5.41, 5.74) is 5.17. The number of β-amino-alcohol motifs (C(OH)–C–C–N with tert-alkyl or cyclic N) is 1. The molecule has 20 heavy (non-hydrogen) atoms. The zero-order chi connectivity index (χ0) is 15.1. The third-order valence-corrected chi connectivity index (χ3v) is 5.42. The Kier molecular flexibility index (Phi) is 4.15. The first-order chi connectivity index (χ1) is 9.24. The van der Waals surface area contributed by atoms with Crippen LogP contribution in [0.2, 0.25) is 0 Å². The molecule has 0 aromatic carbocycles. The topological polar surface area (TPSA) is 75.8 Å². The molecule has 0 aromatic rings. The molecule has 2 aliphatic rings. The maximum absolute atomic E-state index is 12.8. The maximum Gasteiger partial charge on any atom is 0.243 e. The van der Waals surface area contributed by atoms with Gasteiger partial charge in [0.1, 0.15) is 5.54 Å². The van der Waals surface area contributed by atoms with Crippen molar-refractivity contribution in [2.24, 2.45) is 17.1 Å². The van der Waals surface area contributed by atoms with E-state index in [0.29, 0.717) is 26.1 Å². The first-order valence-electron chi connectivity index (χ1n) is 7.62. The van der Waals surface area contributed by atoms with E-state index < -0.39 is 11.6 Å². The van der Waals surface area contributed by atoms with E-state index in [1.807, 2.05) is 27.7 Å². The van der Waals surface area contributed by atoms with E-state index >= 15 is 0 Å². The highest BCUT2D eigenvalue weighted by molar-refractivity contribution is 5.89. The van der Waals surface area contributed by atoms with Crippen molar-refractivity contribution in [3.8, 4) is 0 Å². The Balaban J connectivity index is 2.06. The Bertz CT molecular complexity index is 385. The molecule has 2 fully saturated rings. The number of likely N-dealkylation sites (tertiary alicyclic amines) is 1. The fraction of sp³-hybridized carbons (Fsp3) is 0.933. The molecular weight excluding hydrogens is 256 g/mol. The van der Waals surface area contributed by atoms with Gasteiger partial charge in [-0.3, -0.25) is 4.79 Å². The van der Waals surface area contributed by atoms with Gasteiger partial charge in [0, 0.05) is 31.5 Å². The predicted octanol–water partition coefficient (Wildman–Crippen LogP) is 0.748. The molecule has 1 aliphatic carbocycles. The van der Waals surface area contributed by atoms with Crippen LogP contribution < -0.4 is 5.73 Å². The van der Waals surface area contributed by atoms with Crippen LogP contribution in [0.3, 0.4) is 0 Å². The lowest BCUT2D eigenvalue weighted by molar-refractivity contribution is -0.182. The summed E-state index contributed by atoms with van der Waals surface area (Å²) in [6.45, 7) is 9.69. The highest BCUT2D eigenvalue weighted by Gasteiger charge is 2.63. The minimum atomic E-state index is -0.868. The van der Waals surface area contributed by atoms with Gasteiger partial charge < -0.3 is 20.5 Å². The van der Waals surface area contributed by atoms with Crippen LogP contribution in [-0.2, 0) is 9.53 Å². The van der Waals surface area contributed by atoms with Crippen molar-refractivity contribution in [3.05, 3.63) is 0 Å². The monoisotopic (exact) mass is 284 g/mol. The Morgan fingerprint density at radius 2 is 2.15 bits per heavy atom. The van der Waals surface area contributed by atoms with E-state index in [4.69, 9.17) is 10.5 Å². The molecule has 0 radical (unpaired) electrons. The molecule has 4 atom stereocenters. The minimum absolute atomic E-state index is 0.0371. The zero-order valence-electron chi connectivity index (χ0n) is 13.1. The zero-order valence-corrected chi connectivity index (χ0v) is 13.1. The van der Waals surface area contributed by atoms with Crippen molar-refractivity contribution in [1.29, 1.82) is 0 Å². The Morgan fingerprint density at radius 3 is 2.65 bits per heavy atom. The van der Waals surface area contributed by atoms with Crippen LogP contribution in [0.15, 0.2) is 0 Å². The van der Waals surface area contributed by atoms with Gasteiger partial charge >= 0.3 is 0 Å². The van der Waals surface area contributed by atoms with E-state index in [1.165, 1.54) is 0 Å². The number of amides is 1. The molecule has 3 N–H and O–H groups in total. The minimum Gasteiger partial charge on any atom is -0.391 e.